The van der Waals surface area contributed by atoms with Crippen LogP contribution in [-0.4, -0.2) is 59.7 Å². The molecule has 0 radical (unpaired) electrons. The number of nitrogens with one attached hydrogen (secondary N) is 1. The number of rotatable bonds is 4. The second-order valence-corrected chi connectivity index (χ2v) is 7.74. The molecule has 0 aromatic heterocycles. The molecule has 2 N–H and O–H groups in total. The van der Waals surface area contributed by atoms with E-state index in [1.807, 2.05) is 0 Å². The molecule has 0 spiro atoms. The Morgan fingerprint density at radius 2 is 2.04 bits per heavy atom. The van der Waals surface area contributed by atoms with Gasteiger partial charge in [-0.05, 0) is 43.9 Å². The molecule has 8 heteroatoms. The summed E-state index contributed by atoms with van der Waals surface area (Å²) in [6.45, 7) is 0.235. The molecule has 0 bridgehead atoms. The van der Waals surface area contributed by atoms with Crippen LogP contribution in [0.1, 0.15) is 42.5 Å². The maximum atomic E-state index is 13.1. The molecule has 2 aliphatic heterocycles. The summed E-state index contributed by atoms with van der Waals surface area (Å²) in [7, 11) is 1.73. The number of hydrogen-bond acceptors (Lipinski definition) is 5. The Bertz CT molecular complexity index is 806. The van der Waals surface area contributed by atoms with Gasteiger partial charge in [0.25, 0.3) is 5.91 Å². The van der Waals surface area contributed by atoms with Crippen molar-refractivity contribution in [2.24, 2.45) is 5.92 Å². The number of amides is 2. The van der Waals surface area contributed by atoms with Gasteiger partial charge in [-0.1, -0.05) is 0 Å². The van der Waals surface area contributed by atoms with Gasteiger partial charge in [0.15, 0.2) is 0 Å². The molecule has 1 aromatic carbocycles. The number of nitrogens with zero attached hydrogens (tertiary/aromatic N) is 1. The van der Waals surface area contributed by atoms with E-state index in [0.29, 0.717) is 29.8 Å². The average molecular weight is 388 g/mol. The SMILES string of the molecule is CN1C(=O)c2cc(NC(=O)C3CC3)ccc2OC[C@H]2O[C@@H](CC(=O)O)CC[C@@H]21. The Morgan fingerprint density at radius 1 is 1.25 bits per heavy atom. The summed E-state index contributed by atoms with van der Waals surface area (Å²) in [5.74, 6) is -0.602. The molecule has 2 heterocycles. The van der Waals surface area contributed by atoms with Crippen LogP contribution in [0.5, 0.6) is 5.75 Å². The van der Waals surface area contributed by atoms with Gasteiger partial charge in [-0.3, -0.25) is 14.4 Å². The van der Waals surface area contributed by atoms with E-state index in [2.05, 4.69) is 5.32 Å². The molecule has 1 saturated heterocycles. The molecule has 150 valence electrons. The highest BCUT2D eigenvalue weighted by Gasteiger charge is 2.39. The van der Waals surface area contributed by atoms with Gasteiger partial charge in [0.2, 0.25) is 5.91 Å². The third kappa shape index (κ3) is 3.82. The van der Waals surface area contributed by atoms with Crippen LogP contribution in [0.3, 0.4) is 0 Å². The summed E-state index contributed by atoms with van der Waals surface area (Å²) in [6, 6.07) is 4.88. The van der Waals surface area contributed by atoms with E-state index < -0.39 is 5.97 Å². The number of carboxylic acid groups (broad SMARTS) is 1. The number of benzene rings is 1. The third-order valence-corrected chi connectivity index (χ3v) is 5.63. The summed E-state index contributed by atoms with van der Waals surface area (Å²) in [5, 5.41) is 11.9. The summed E-state index contributed by atoms with van der Waals surface area (Å²) in [5.41, 5.74) is 0.988. The van der Waals surface area contributed by atoms with Gasteiger partial charge in [-0.2, -0.15) is 0 Å². The van der Waals surface area contributed by atoms with Crippen molar-refractivity contribution in [2.75, 3.05) is 19.0 Å². The van der Waals surface area contributed by atoms with E-state index in [1.54, 1.807) is 30.1 Å². The van der Waals surface area contributed by atoms with Gasteiger partial charge in [-0.15, -0.1) is 0 Å². The number of hydrogen-bond donors (Lipinski definition) is 2. The molecule has 28 heavy (non-hydrogen) atoms. The van der Waals surface area contributed by atoms with Gasteiger partial charge in [0.05, 0.1) is 24.1 Å². The topological polar surface area (TPSA) is 105 Å². The van der Waals surface area contributed by atoms with E-state index in [1.165, 1.54) is 0 Å². The highest BCUT2D eigenvalue weighted by atomic mass is 16.5. The smallest absolute Gasteiger partial charge is 0.305 e. The van der Waals surface area contributed by atoms with Gasteiger partial charge in [0, 0.05) is 18.7 Å². The van der Waals surface area contributed by atoms with Crippen molar-refractivity contribution in [1.82, 2.24) is 4.90 Å². The van der Waals surface area contributed by atoms with Crippen LogP contribution in [0, 0.1) is 5.92 Å². The lowest BCUT2D eigenvalue weighted by Crippen LogP contribution is -2.53. The molecule has 1 aliphatic carbocycles. The van der Waals surface area contributed by atoms with Crippen molar-refractivity contribution >= 4 is 23.5 Å². The minimum absolute atomic E-state index is 0.0160. The Hall–Kier alpha value is -2.61. The summed E-state index contributed by atoms with van der Waals surface area (Å²) in [6.07, 6.45) is 2.25. The molecule has 2 fully saturated rings. The molecule has 4 rings (SSSR count). The van der Waals surface area contributed by atoms with Crippen molar-refractivity contribution < 1.29 is 29.0 Å². The quantitative estimate of drug-likeness (QED) is 0.816. The molecule has 0 unspecified atom stereocenters. The monoisotopic (exact) mass is 388 g/mol. The van der Waals surface area contributed by atoms with Gasteiger partial charge >= 0.3 is 5.97 Å². The largest absolute Gasteiger partial charge is 0.490 e. The average Bonchev–Trinajstić information content (AvgIpc) is 3.50. The number of aliphatic carboxylic acids is 1. The van der Waals surface area contributed by atoms with Crippen molar-refractivity contribution in [3.63, 3.8) is 0 Å². The summed E-state index contributed by atoms with van der Waals surface area (Å²) >= 11 is 0. The first kappa shape index (κ1) is 18.7. The highest BCUT2D eigenvalue weighted by molar-refractivity contribution is 6.00. The van der Waals surface area contributed by atoms with E-state index in [4.69, 9.17) is 14.6 Å². The zero-order valence-electron chi connectivity index (χ0n) is 15.7. The predicted octanol–water partition coefficient (Wildman–Crippen LogP) is 1.89. The molecule has 3 atom stereocenters. The Labute approximate surface area is 162 Å². The van der Waals surface area contributed by atoms with Crippen LogP contribution in [0.2, 0.25) is 0 Å². The summed E-state index contributed by atoms with van der Waals surface area (Å²) in [4.78, 5) is 37.7. The van der Waals surface area contributed by atoms with E-state index in [0.717, 1.165) is 12.8 Å². The maximum absolute atomic E-state index is 13.1. The molecule has 8 nitrogen and oxygen atoms in total. The van der Waals surface area contributed by atoms with Crippen LogP contribution >= 0.6 is 0 Å². The van der Waals surface area contributed by atoms with Crippen LogP contribution in [0.4, 0.5) is 5.69 Å². The number of carboxylic acids is 1. The fourth-order valence-electron chi connectivity index (χ4n) is 3.89. The first-order chi connectivity index (χ1) is 13.4. The number of ether oxygens (including phenoxy) is 2. The van der Waals surface area contributed by atoms with Gasteiger partial charge in [-0.25, -0.2) is 0 Å². The zero-order valence-corrected chi connectivity index (χ0v) is 15.7. The van der Waals surface area contributed by atoms with Crippen LogP contribution in [-0.2, 0) is 14.3 Å². The first-order valence-electron chi connectivity index (χ1n) is 9.64. The number of likely N-dealkylation sites (N-methyl/N-ethyl adjacent to an activating group) is 1. The van der Waals surface area contributed by atoms with E-state index >= 15 is 0 Å². The molecule has 1 aromatic rings. The van der Waals surface area contributed by atoms with Gasteiger partial charge < -0.3 is 24.8 Å². The molecular weight excluding hydrogens is 364 g/mol. The minimum Gasteiger partial charge on any atom is -0.490 e. The number of carbonyl (C=O) groups is 3. The normalized spacial score (nSPS) is 27.0. The molecular formula is C20H24N2O6. The third-order valence-electron chi connectivity index (χ3n) is 5.63. The van der Waals surface area contributed by atoms with E-state index in [9.17, 15) is 14.4 Å². The summed E-state index contributed by atoms with van der Waals surface area (Å²) < 4.78 is 11.8. The lowest BCUT2D eigenvalue weighted by molar-refractivity contribution is -0.148. The maximum Gasteiger partial charge on any atom is 0.305 e. The predicted molar refractivity (Wildman–Crippen MR) is 99.3 cm³/mol. The Morgan fingerprint density at radius 3 is 2.75 bits per heavy atom. The Kier molecular flexibility index (Phi) is 4.97. The van der Waals surface area contributed by atoms with E-state index in [-0.39, 0.29) is 49.0 Å². The fourth-order valence-corrected chi connectivity index (χ4v) is 3.89. The standard InChI is InChI=1S/C20H24N2O6/c1-22-15-6-5-13(9-18(23)24)28-17(15)10-27-16-7-4-12(8-14(16)20(22)26)21-19(25)11-2-3-11/h4,7-8,11,13,15,17H,2-3,5-6,9-10H2,1H3,(H,21,25)(H,23,24)/t13-,15+,17-/m1/s1. The Balaban J connectivity index is 1.53. The number of fused-ring (bicyclic) bond motifs is 2. The zero-order chi connectivity index (χ0) is 19.8. The molecule has 2 amide bonds. The first-order valence-corrected chi connectivity index (χ1v) is 9.64. The van der Waals surface area contributed by atoms with Crippen LogP contribution in [0.15, 0.2) is 18.2 Å². The number of carbonyl (C=O) groups excluding carboxylic acids is 2. The fraction of sp³-hybridized carbons (Fsp3) is 0.550. The van der Waals surface area contributed by atoms with Crippen molar-refractivity contribution in [2.45, 2.75) is 50.4 Å². The molecule has 3 aliphatic rings. The lowest BCUT2D eigenvalue weighted by atomic mass is 9.94. The van der Waals surface area contributed by atoms with Crippen molar-refractivity contribution in [1.29, 1.82) is 0 Å². The van der Waals surface area contributed by atoms with Gasteiger partial charge in [0.1, 0.15) is 18.5 Å². The lowest BCUT2D eigenvalue weighted by Gasteiger charge is -2.42. The van der Waals surface area contributed by atoms with Crippen LogP contribution < -0.4 is 10.1 Å². The van der Waals surface area contributed by atoms with Crippen LogP contribution in [0.25, 0.3) is 0 Å². The second-order valence-electron chi connectivity index (χ2n) is 7.74. The number of anilines is 1. The highest BCUT2D eigenvalue weighted by Crippen LogP contribution is 2.34. The van der Waals surface area contributed by atoms with Crippen molar-refractivity contribution in [3.8, 4) is 5.75 Å². The minimum atomic E-state index is -0.897. The van der Waals surface area contributed by atoms with Crippen molar-refractivity contribution in [3.05, 3.63) is 23.8 Å². The molecule has 1 saturated carbocycles. The second kappa shape index (κ2) is 7.43.